The monoisotopic (exact) mass is 404 g/mol. The van der Waals surface area contributed by atoms with Gasteiger partial charge in [0.15, 0.2) is 6.61 Å². The number of hydrogen-bond donors (Lipinski definition) is 2. The van der Waals surface area contributed by atoms with Crippen molar-refractivity contribution < 1.29 is 23.5 Å². The molecule has 0 bridgehead atoms. The Hall–Kier alpha value is -2.74. The first-order chi connectivity index (χ1) is 13.5. The number of nitrogens with one attached hydrogen (secondary N) is 2. The number of thioether (sulfide) groups is 1. The van der Waals surface area contributed by atoms with Crippen molar-refractivity contribution in [3.05, 3.63) is 54.0 Å². The zero-order valence-corrected chi connectivity index (χ0v) is 16.7. The topological polar surface area (TPSA) is 97.6 Å². The quantitative estimate of drug-likeness (QED) is 0.467. The van der Waals surface area contributed by atoms with Gasteiger partial charge in [-0.1, -0.05) is 19.1 Å². The molecule has 150 valence electrons. The second-order valence-corrected chi connectivity index (χ2v) is 7.11. The molecule has 0 spiro atoms. The van der Waals surface area contributed by atoms with Crippen LogP contribution in [0.3, 0.4) is 0 Å². The predicted octanol–water partition coefficient (Wildman–Crippen LogP) is 2.76. The summed E-state index contributed by atoms with van der Waals surface area (Å²) in [6.07, 6.45) is 2.34. The maximum absolute atomic E-state index is 12.3. The minimum Gasteiger partial charge on any atom is -0.467 e. The normalized spacial score (nSPS) is 11.5. The Bertz CT molecular complexity index is 792. The van der Waals surface area contributed by atoms with Crippen LogP contribution in [0.4, 0.5) is 0 Å². The van der Waals surface area contributed by atoms with Gasteiger partial charge in [0.2, 0.25) is 5.91 Å². The van der Waals surface area contributed by atoms with Crippen LogP contribution >= 0.6 is 11.8 Å². The number of amides is 2. The van der Waals surface area contributed by atoms with Gasteiger partial charge in [0, 0.05) is 10.9 Å². The molecule has 1 aromatic carbocycles. The lowest BCUT2D eigenvalue weighted by atomic mass is 10.2. The molecule has 2 aromatic rings. The van der Waals surface area contributed by atoms with Crippen molar-refractivity contribution in [2.24, 2.45) is 0 Å². The summed E-state index contributed by atoms with van der Waals surface area (Å²) in [5.74, 6) is -0.321. The van der Waals surface area contributed by atoms with E-state index in [1.54, 1.807) is 42.7 Å². The molecule has 0 unspecified atom stereocenters. The Labute approximate surface area is 168 Å². The largest absolute Gasteiger partial charge is 0.467 e. The van der Waals surface area contributed by atoms with Crippen LogP contribution in [-0.2, 0) is 20.9 Å². The first kappa shape index (κ1) is 21.6. The summed E-state index contributed by atoms with van der Waals surface area (Å²) in [5, 5.41) is 5.48. The van der Waals surface area contributed by atoms with Crippen molar-refractivity contribution >= 4 is 29.5 Å². The third kappa shape index (κ3) is 7.11. The highest BCUT2D eigenvalue weighted by Gasteiger charge is 2.16. The average molecular weight is 404 g/mol. The summed E-state index contributed by atoms with van der Waals surface area (Å²) in [5.41, 5.74) is 0.322. The van der Waals surface area contributed by atoms with E-state index < -0.39 is 5.97 Å². The smallest absolute Gasteiger partial charge is 0.339 e. The van der Waals surface area contributed by atoms with E-state index in [1.165, 1.54) is 11.8 Å². The summed E-state index contributed by atoms with van der Waals surface area (Å²) in [4.78, 5) is 36.7. The van der Waals surface area contributed by atoms with Crippen LogP contribution < -0.4 is 10.6 Å². The first-order valence-corrected chi connectivity index (χ1v) is 9.95. The lowest BCUT2D eigenvalue weighted by Crippen LogP contribution is -2.35. The fourth-order valence-electron chi connectivity index (χ4n) is 2.18. The van der Waals surface area contributed by atoms with Crippen molar-refractivity contribution in [2.45, 2.75) is 37.8 Å². The standard InChI is InChI=1S/C20H24N2O5S/c1-3-14(2)22-18(23)12-27-20(25)16-8-4-5-9-17(16)28-13-19(24)21-11-15-7-6-10-26-15/h4-10,14H,3,11-13H2,1-2H3,(H,21,24)(H,22,23)/t14-/m1/s1. The molecule has 0 fully saturated rings. The Morgan fingerprint density at radius 1 is 1.14 bits per heavy atom. The number of esters is 1. The second kappa shape index (κ2) is 11.2. The fourth-order valence-corrected chi connectivity index (χ4v) is 3.05. The van der Waals surface area contributed by atoms with E-state index in [9.17, 15) is 14.4 Å². The third-order valence-electron chi connectivity index (χ3n) is 3.86. The highest BCUT2D eigenvalue weighted by atomic mass is 32.2. The van der Waals surface area contributed by atoms with Crippen LogP contribution in [0.1, 0.15) is 36.4 Å². The molecule has 1 heterocycles. The zero-order valence-electron chi connectivity index (χ0n) is 15.9. The van der Waals surface area contributed by atoms with Crippen molar-refractivity contribution in [2.75, 3.05) is 12.4 Å². The highest BCUT2D eigenvalue weighted by molar-refractivity contribution is 8.00. The van der Waals surface area contributed by atoms with Crippen molar-refractivity contribution in [3.8, 4) is 0 Å². The third-order valence-corrected chi connectivity index (χ3v) is 4.93. The van der Waals surface area contributed by atoms with E-state index in [0.29, 0.717) is 22.8 Å². The number of ether oxygens (including phenoxy) is 1. The highest BCUT2D eigenvalue weighted by Crippen LogP contribution is 2.23. The summed E-state index contributed by atoms with van der Waals surface area (Å²) in [7, 11) is 0. The van der Waals surface area contributed by atoms with E-state index in [4.69, 9.17) is 9.15 Å². The van der Waals surface area contributed by atoms with E-state index in [-0.39, 0.29) is 30.2 Å². The minimum atomic E-state index is -0.599. The molecule has 1 aromatic heterocycles. The van der Waals surface area contributed by atoms with E-state index in [1.807, 2.05) is 13.8 Å². The molecule has 0 aliphatic heterocycles. The predicted molar refractivity (Wildman–Crippen MR) is 106 cm³/mol. The number of carbonyl (C=O) groups excluding carboxylic acids is 3. The summed E-state index contributed by atoms with van der Waals surface area (Å²) in [6, 6.07) is 10.4. The second-order valence-electron chi connectivity index (χ2n) is 6.09. The Morgan fingerprint density at radius 2 is 1.93 bits per heavy atom. The molecular weight excluding hydrogens is 380 g/mol. The molecule has 0 radical (unpaired) electrons. The summed E-state index contributed by atoms with van der Waals surface area (Å²) >= 11 is 1.23. The lowest BCUT2D eigenvalue weighted by Gasteiger charge is -2.12. The Morgan fingerprint density at radius 3 is 2.64 bits per heavy atom. The lowest BCUT2D eigenvalue weighted by molar-refractivity contribution is -0.124. The van der Waals surface area contributed by atoms with Crippen molar-refractivity contribution in [1.82, 2.24) is 10.6 Å². The van der Waals surface area contributed by atoms with Crippen LogP contribution in [0.15, 0.2) is 52.0 Å². The molecule has 1 atom stereocenters. The number of hydrogen-bond acceptors (Lipinski definition) is 6. The number of rotatable bonds is 10. The Balaban J connectivity index is 1.84. The van der Waals surface area contributed by atoms with Crippen LogP contribution in [0, 0.1) is 0 Å². The maximum Gasteiger partial charge on any atom is 0.339 e. The molecule has 0 aliphatic rings. The van der Waals surface area contributed by atoms with Gasteiger partial charge < -0.3 is 19.8 Å². The van der Waals surface area contributed by atoms with Gasteiger partial charge in [-0.05, 0) is 37.6 Å². The molecule has 2 amide bonds. The summed E-state index contributed by atoms with van der Waals surface area (Å²) < 4.78 is 10.3. The fraction of sp³-hybridized carbons (Fsp3) is 0.350. The van der Waals surface area contributed by atoms with E-state index >= 15 is 0 Å². The molecule has 8 heteroatoms. The van der Waals surface area contributed by atoms with Gasteiger partial charge >= 0.3 is 5.97 Å². The molecule has 0 aliphatic carbocycles. The van der Waals surface area contributed by atoms with E-state index in [0.717, 1.165) is 6.42 Å². The average Bonchev–Trinajstić information content (AvgIpc) is 3.22. The van der Waals surface area contributed by atoms with Gasteiger partial charge in [0.05, 0.1) is 24.1 Å². The molecule has 2 rings (SSSR count). The van der Waals surface area contributed by atoms with Crippen LogP contribution in [-0.4, -0.2) is 36.2 Å². The number of furan rings is 1. The van der Waals surface area contributed by atoms with Gasteiger partial charge in [-0.3, -0.25) is 9.59 Å². The van der Waals surface area contributed by atoms with Gasteiger partial charge in [-0.25, -0.2) is 4.79 Å². The van der Waals surface area contributed by atoms with Gasteiger partial charge in [0.1, 0.15) is 5.76 Å². The van der Waals surface area contributed by atoms with Gasteiger partial charge in [0.25, 0.3) is 5.91 Å². The minimum absolute atomic E-state index is 0.0220. The molecule has 7 nitrogen and oxygen atoms in total. The molecule has 0 saturated carbocycles. The van der Waals surface area contributed by atoms with Crippen LogP contribution in [0.5, 0.6) is 0 Å². The van der Waals surface area contributed by atoms with Crippen molar-refractivity contribution in [1.29, 1.82) is 0 Å². The molecular formula is C20H24N2O5S. The number of carbonyl (C=O) groups is 3. The Kier molecular flexibility index (Phi) is 8.61. The first-order valence-electron chi connectivity index (χ1n) is 8.97. The van der Waals surface area contributed by atoms with Crippen LogP contribution in [0.25, 0.3) is 0 Å². The SMILES string of the molecule is CC[C@@H](C)NC(=O)COC(=O)c1ccccc1SCC(=O)NCc1ccco1. The molecule has 0 saturated heterocycles. The van der Waals surface area contributed by atoms with Crippen LogP contribution in [0.2, 0.25) is 0 Å². The summed E-state index contributed by atoms with van der Waals surface area (Å²) in [6.45, 7) is 3.80. The number of benzene rings is 1. The molecule has 2 N–H and O–H groups in total. The van der Waals surface area contributed by atoms with Gasteiger partial charge in [-0.2, -0.15) is 0 Å². The van der Waals surface area contributed by atoms with Crippen molar-refractivity contribution in [3.63, 3.8) is 0 Å². The van der Waals surface area contributed by atoms with Gasteiger partial charge in [-0.15, -0.1) is 11.8 Å². The van der Waals surface area contributed by atoms with E-state index in [2.05, 4.69) is 10.6 Å². The zero-order chi connectivity index (χ0) is 20.4. The molecule has 28 heavy (non-hydrogen) atoms. The maximum atomic E-state index is 12.3.